The van der Waals surface area contributed by atoms with Crippen LogP contribution in [0.1, 0.15) is 37.3 Å². The molecule has 0 saturated carbocycles. The predicted octanol–water partition coefficient (Wildman–Crippen LogP) is 5.54. The molecule has 0 unspecified atom stereocenters. The highest BCUT2D eigenvalue weighted by atomic mass is 35.5. The Bertz CT molecular complexity index is 832. The summed E-state index contributed by atoms with van der Waals surface area (Å²) in [5.74, 6) is -0.0385. The van der Waals surface area contributed by atoms with E-state index < -0.39 is 10.0 Å². The Morgan fingerprint density at radius 3 is 2.23 bits per heavy atom. The average Bonchev–Trinajstić information content (AvgIpc) is 2.67. The average molecular weight is 412 g/mol. The van der Waals surface area contributed by atoms with Gasteiger partial charge in [0, 0.05) is 0 Å². The number of rotatable bonds is 9. The Hall–Kier alpha value is -1.49. The normalized spacial score (nSPS) is 12.6. The molecule has 0 saturated heterocycles. The van der Waals surface area contributed by atoms with E-state index >= 15 is 0 Å². The first-order valence-corrected chi connectivity index (χ1v) is 11.0. The highest BCUT2D eigenvalue weighted by Crippen LogP contribution is 2.25. The summed E-state index contributed by atoms with van der Waals surface area (Å²) in [6.07, 6.45) is 4.58. The first-order valence-electron chi connectivity index (χ1n) is 8.59. The van der Waals surface area contributed by atoms with Gasteiger partial charge >= 0.3 is 0 Å². The second kappa shape index (κ2) is 10.0. The van der Waals surface area contributed by atoms with Crippen molar-refractivity contribution in [3.8, 4) is 0 Å². The molecule has 6 heteroatoms. The maximum Gasteiger partial charge on any atom is 0.261 e. The molecule has 0 fully saturated rings. The third-order valence-corrected chi connectivity index (χ3v) is 6.11. The number of allylic oxidation sites excluding steroid dienone is 1. The van der Waals surface area contributed by atoms with E-state index in [2.05, 4.69) is 11.6 Å². The maximum absolute atomic E-state index is 12.5. The fourth-order valence-corrected chi connectivity index (χ4v) is 4.30. The van der Waals surface area contributed by atoms with Gasteiger partial charge in [-0.2, -0.15) is 0 Å². The van der Waals surface area contributed by atoms with Crippen LogP contribution in [0.5, 0.6) is 0 Å². The molecule has 0 atom stereocenters. The SMILES string of the molecule is CCCCCc1ccc(/C(Cl)=C(\CCl)NS(=O)(=O)c2ccccc2)cc1. The van der Waals surface area contributed by atoms with Crippen molar-refractivity contribution >= 4 is 38.3 Å². The molecule has 0 aromatic heterocycles. The van der Waals surface area contributed by atoms with E-state index in [0.29, 0.717) is 5.03 Å². The molecule has 0 spiro atoms. The quantitative estimate of drug-likeness (QED) is 0.434. The number of sulfonamides is 1. The van der Waals surface area contributed by atoms with Crippen LogP contribution >= 0.6 is 23.2 Å². The number of benzene rings is 2. The number of alkyl halides is 1. The molecule has 3 nitrogen and oxygen atoms in total. The predicted molar refractivity (Wildman–Crippen MR) is 110 cm³/mol. The molecule has 2 aromatic carbocycles. The topological polar surface area (TPSA) is 46.2 Å². The van der Waals surface area contributed by atoms with E-state index in [-0.39, 0.29) is 16.5 Å². The molecule has 1 N–H and O–H groups in total. The number of nitrogens with one attached hydrogen (secondary N) is 1. The van der Waals surface area contributed by atoms with Crippen molar-refractivity contribution in [2.45, 2.75) is 37.5 Å². The zero-order valence-corrected chi connectivity index (χ0v) is 17.0. The lowest BCUT2D eigenvalue weighted by molar-refractivity contribution is 0.589. The van der Waals surface area contributed by atoms with Crippen molar-refractivity contribution in [3.05, 3.63) is 71.4 Å². The van der Waals surface area contributed by atoms with Gasteiger partial charge in [-0.1, -0.05) is 73.8 Å². The van der Waals surface area contributed by atoms with E-state index in [1.165, 1.54) is 30.5 Å². The van der Waals surface area contributed by atoms with Crippen molar-refractivity contribution in [3.63, 3.8) is 0 Å². The number of unbranched alkanes of at least 4 members (excludes halogenated alkanes) is 2. The lowest BCUT2D eigenvalue weighted by Gasteiger charge is -2.13. The Morgan fingerprint density at radius 2 is 1.65 bits per heavy atom. The summed E-state index contributed by atoms with van der Waals surface area (Å²) in [6.45, 7) is 2.18. The summed E-state index contributed by atoms with van der Waals surface area (Å²) in [4.78, 5) is 0.165. The highest BCUT2D eigenvalue weighted by molar-refractivity contribution is 7.89. The minimum Gasteiger partial charge on any atom is -0.281 e. The minimum absolute atomic E-state index is 0.0385. The summed E-state index contributed by atoms with van der Waals surface area (Å²) < 4.78 is 27.5. The monoisotopic (exact) mass is 411 g/mol. The molecule has 26 heavy (non-hydrogen) atoms. The van der Waals surface area contributed by atoms with Crippen LogP contribution in [0.15, 0.2) is 65.2 Å². The molecule has 0 aliphatic carbocycles. The molecule has 0 aliphatic heterocycles. The van der Waals surface area contributed by atoms with Crippen molar-refractivity contribution < 1.29 is 8.42 Å². The third-order valence-electron chi connectivity index (χ3n) is 3.99. The van der Waals surface area contributed by atoms with Gasteiger partial charge in [0.2, 0.25) is 0 Å². The van der Waals surface area contributed by atoms with Crippen LogP contribution in [0.4, 0.5) is 0 Å². The van der Waals surface area contributed by atoms with E-state index in [0.717, 1.165) is 18.4 Å². The Kier molecular flexibility index (Phi) is 8.01. The van der Waals surface area contributed by atoms with Crippen LogP contribution in [0.3, 0.4) is 0 Å². The summed E-state index contributed by atoms with van der Waals surface area (Å²) >= 11 is 12.4. The van der Waals surface area contributed by atoms with Crippen LogP contribution in [-0.2, 0) is 16.4 Å². The summed E-state index contributed by atoms with van der Waals surface area (Å²) in [6, 6.07) is 16.0. The van der Waals surface area contributed by atoms with Gasteiger partial charge in [0.1, 0.15) is 0 Å². The largest absolute Gasteiger partial charge is 0.281 e. The summed E-state index contributed by atoms with van der Waals surface area (Å²) in [5, 5.41) is 0.305. The van der Waals surface area contributed by atoms with Gasteiger partial charge in [-0.15, -0.1) is 11.6 Å². The fourth-order valence-electron chi connectivity index (χ4n) is 2.52. The van der Waals surface area contributed by atoms with Gasteiger partial charge in [0.05, 0.1) is 21.5 Å². The van der Waals surface area contributed by atoms with Crippen LogP contribution < -0.4 is 4.72 Å². The van der Waals surface area contributed by atoms with E-state index in [1.54, 1.807) is 18.2 Å². The molecule has 2 rings (SSSR count). The highest BCUT2D eigenvalue weighted by Gasteiger charge is 2.17. The van der Waals surface area contributed by atoms with Crippen LogP contribution in [0, 0.1) is 0 Å². The fraction of sp³-hybridized carbons (Fsp3) is 0.300. The molecule has 2 aromatic rings. The van der Waals surface area contributed by atoms with Gasteiger partial charge in [-0.3, -0.25) is 4.72 Å². The van der Waals surface area contributed by atoms with Gasteiger partial charge in [-0.05, 0) is 36.1 Å². The van der Waals surface area contributed by atoms with Crippen LogP contribution in [0.2, 0.25) is 0 Å². The van der Waals surface area contributed by atoms with Crippen LogP contribution in [-0.4, -0.2) is 14.3 Å². The number of halogens is 2. The van der Waals surface area contributed by atoms with Gasteiger partial charge < -0.3 is 0 Å². The Balaban J connectivity index is 2.20. The number of hydrogen-bond acceptors (Lipinski definition) is 2. The van der Waals surface area contributed by atoms with Gasteiger partial charge in [-0.25, -0.2) is 8.42 Å². The summed E-state index contributed by atoms with van der Waals surface area (Å²) in [5.41, 5.74) is 2.23. The molecular formula is C20H23Cl2NO2S. The van der Waals surface area contributed by atoms with Crippen LogP contribution in [0.25, 0.3) is 5.03 Å². The zero-order chi connectivity index (χ0) is 19.0. The lowest BCUT2D eigenvalue weighted by Crippen LogP contribution is -2.24. The Morgan fingerprint density at radius 1 is 1.00 bits per heavy atom. The number of aryl methyl sites for hydroxylation is 1. The van der Waals surface area contributed by atoms with E-state index in [1.807, 2.05) is 24.3 Å². The molecule has 0 amide bonds. The second-order valence-corrected chi connectivity index (χ2v) is 8.33. The minimum atomic E-state index is -3.72. The van der Waals surface area contributed by atoms with E-state index in [9.17, 15) is 8.42 Å². The van der Waals surface area contributed by atoms with Crippen molar-refractivity contribution in [2.24, 2.45) is 0 Å². The van der Waals surface area contributed by atoms with Crippen molar-refractivity contribution in [2.75, 3.05) is 5.88 Å². The zero-order valence-electron chi connectivity index (χ0n) is 14.7. The van der Waals surface area contributed by atoms with Crippen molar-refractivity contribution in [1.82, 2.24) is 4.72 Å². The second-order valence-electron chi connectivity index (χ2n) is 6.00. The Labute approximate surface area is 166 Å². The molecule has 0 bridgehead atoms. The molecule has 140 valence electrons. The smallest absolute Gasteiger partial charge is 0.261 e. The molecule has 0 radical (unpaired) electrons. The number of hydrogen-bond donors (Lipinski definition) is 1. The maximum atomic E-state index is 12.5. The molecule has 0 heterocycles. The van der Waals surface area contributed by atoms with E-state index in [4.69, 9.17) is 23.2 Å². The first kappa shape index (κ1) is 20.8. The molecular weight excluding hydrogens is 389 g/mol. The first-order chi connectivity index (χ1) is 12.5. The van der Waals surface area contributed by atoms with Crippen molar-refractivity contribution in [1.29, 1.82) is 0 Å². The standard InChI is InChI=1S/C20H23Cl2NO2S/c1-2-3-5-8-16-11-13-17(14-12-16)20(22)19(15-21)23-26(24,25)18-9-6-4-7-10-18/h4,6-7,9-14,23H,2-3,5,8,15H2,1H3/b20-19-. The van der Waals surface area contributed by atoms with Gasteiger partial charge in [0.25, 0.3) is 10.0 Å². The lowest BCUT2D eigenvalue weighted by atomic mass is 10.0. The molecule has 0 aliphatic rings. The summed E-state index contributed by atoms with van der Waals surface area (Å²) in [7, 11) is -3.72. The van der Waals surface area contributed by atoms with Gasteiger partial charge in [0.15, 0.2) is 0 Å². The third kappa shape index (κ3) is 5.76.